The highest BCUT2D eigenvalue weighted by Gasteiger charge is 2.24. The fourth-order valence-electron chi connectivity index (χ4n) is 3.07. The lowest BCUT2D eigenvalue weighted by Gasteiger charge is -2.36. The van der Waals surface area contributed by atoms with Crippen LogP contribution in [0, 0.1) is 0 Å². The van der Waals surface area contributed by atoms with Gasteiger partial charge in [0.05, 0.1) is 0 Å². The van der Waals surface area contributed by atoms with Gasteiger partial charge in [-0.05, 0) is 37.1 Å². The summed E-state index contributed by atoms with van der Waals surface area (Å²) in [4.78, 5) is 27.6. The molecule has 0 radical (unpaired) electrons. The van der Waals surface area contributed by atoms with Gasteiger partial charge >= 0.3 is 0 Å². The zero-order chi connectivity index (χ0) is 18.5. The third kappa shape index (κ3) is 4.17. The van der Waals surface area contributed by atoms with Gasteiger partial charge in [-0.1, -0.05) is 18.2 Å². The molecule has 2 aromatic rings. The van der Waals surface area contributed by atoms with Crippen LogP contribution in [0.4, 0.5) is 11.5 Å². The van der Waals surface area contributed by atoms with Crippen molar-refractivity contribution >= 4 is 23.3 Å². The lowest BCUT2D eigenvalue weighted by atomic mass is 10.0. The van der Waals surface area contributed by atoms with E-state index in [4.69, 9.17) is 0 Å². The fraction of sp³-hybridized carbons (Fsp3) is 0.368. The Kier molecular flexibility index (Phi) is 5.46. The number of aromatic nitrogens is 2. The van der Waals surface area contributed by atoms with Crippen LogP contribution in [0.3, 0.4) is 0 Å². The number of nitrogens with one attached hydrogen (secondary N) is 1. The highest BCUT2D eigenvalue weighted by atomic mass is 16.2. The first kappa shape index (κ1) is 17.8. The molecule has 2 heterocycles. The molecule has 1 aliphatic heterocycles. The predicted molar refractivity (Wildman–Crippen MR) is 100 cm³/mol. The van der Waals surface area contributed by atoms with E-state index in [0.29, 0.717) is 0 Å². The molecule has 0 aliphatic carbocycles. The minimum absolute atomic E-state index is 0.0945. The molecule has 0 spiro atoms. The van der Waals surface area contributed by atoms with E-state index in [0.717, 1.165) is 37.4 Å². The maximum atomic E-state index is 12.2. The van der Waals surface area contributed by atoms with Gasteiger partial charge < -0.3 is 15.1 Å². The van der Waals surface area contributed by atoms with E-state index >= 15 is 0 Å². The van der Waals surface area contributed by atoms with E-state index in [1.807, 2.05) is 43.4 Å². The molecule has 7 heteroatoms. The van der Waals surface area contributed by atoms with E-state index in [2.05, 4.69) is 20.4 Å². The van der Waals surface area contributed by atoms with Crippen molar-refractivity contribution < 1.29 is 9.59 Å². The first-order valence-electron chi connectivity index (χ1n) is 8.73. The number of hydrogen-bond acceptors (Lipinski definition) is 5. The van der Waals surface area contributed by atoms with Crippen molar-refractivity contribution in [3.8, 4) is 0 Å². The quantitative estimate of drug-likeness (QED) is 0.911. The van der Waals surface area contributed by atoms with Crippen molar-refractivity contribution in [1.82, 2.24) is 15.1 Å². The SMILES string of the molecule is CC(=O)N(C)C1CCN(c2ccc(C(=O)Nc3ccccc3)nn2)CC1. The van der Waals surface area contributed by atoms with Crippen molar-refractivity contribution in [2.75, 3.05) is 30.4 Å². The molecular formula is C19H23N5O2. The van der Waals surface area contributed by atoms with Gasteiger partial charge in [-0.25, -0.2) is 0 Å². The second-order valence-corrected chi connectivity index (χ2v) is 6.45. The predicted octanol–water partition coefficient (Wildman–Crippen LogP) is 2.18. The Balaban J connectivity index is 1.58. The summed E-state index contributed by atoms with van der Waals surface area (Å²) in [6.45, 7) is 3.22. The summed E-state index contributed by atoms with van der Waals surface area (Å²) in [5, 5.41) is 11.1. The van der Waals surface area contributed by atoms with Gasteiger partial charge in [0.1, 0.15) is 0 Å². The molecule has 0 atom stereocenters. The summed E-state index contributed by atoms with van der Waals surface area (Å²) >= 11 is 0. The minimum atomic E-state index is -0.281. The smallest absolute Gasteiger partial charge is 0.276 e. The van der Waals surface area contributed by atoms with Gasteiger partial charge in [-0.3, -0.25) is 9.59 Å². The summed E-state index contributed by atoms with van der Waals surface area (Å²) in [6, 6.07) is 13.0. The minimum Gasteiger partial charge on any atom is -0.355 e. The standard InChI is InChI=1S/C19H23N5O2/c1-14(25)23(2)16-10-12-24(13-11-16)18-9-8-17(21-22-18)19(26)20-15-6-4-3-5-7-15/h3-9,16H,10-13H2,1-2H3,(H,20,26). The average molecular weight is 353 g/mol. The van der Waals surface area contributed by atoms with Crippen LogP contribution >= 0.6 is 0 Å². The van der Waals surface area contributed by atoms with Crippen molar-refractivity contribution in [3.63, 3.8) is 0 Å². The molecule has 7 nitrogen and oxygen atoms in total. The molecule has 1 aromatic heterocycles. The van der Waals surface area contributed by atoms with E-state index in [-0.39, 0.29) is 23.6 Å². The number of hydrogen-bond donors (Lipinski definition) is 1. The third-order valence-corrected chi connectivity index (χ3v) is 4.75. The van der Waals surface area contributed by atoms with Crippen molar-refractivity contribution in [2.24, 2.45) is 0 Å². The number of benzene rings is 1. The van der Waals surface area contributed by atoms with Crippen LogP contribution in [-0.4, -0.2) is 53.1 Å². The molecule has 0 saturated carbocycles. The highest BCUT2D eigenvalue weighted by Crippen LogP contribution is 2.20. The van der Waals surface area contributed by atoms with Gasteiger partial charge in [0.25, 0.3) is 5.91 Å². The average Bonchev–Trinajstić information content (AvgIpc) is 2.68. The fourth-order valence-corrected chi connectivity index (χ4v) is 3.07. The maximum Gasteiger partial charge on any atom is 0.276 e. The largest absolute Gasteiger partial charge is 0.355 e. The molecule has 26 heavy (non-hydrogen) atoms. The zero-order valence-corrected chi connectivity index (χ0v) is 15.1. The Morgan fingerprint density at radius 3 is 2.35 bits per heavy atom. The van der Waals surface area contributed by atoms with Crippen LogP contribution in [0.15, 0.2) is 42.5 Å². The summed E-state index contributed by atoms with van der Waals surface area (Å²) in [5.41, 5.74) is 1.00. The second kappa shape index (κ2) is 7.95. The molecule has 1 aromatic carbocycles. The van der Waals surface area contributed by atoms with Crippen LogP contribution in [-0.2, 0) is 4.79 Å². The molecule has 2 amide bonds. The third-order valence-electron chi connectivity index (χ3n) is 4.75. The van der Waals surface area contributed by atoms with Crippen molar-refractivity contribution in [3.05, 3.63) is 48.2 Å². The molecule has 0 unspecified atom stereocenters. The van der Waals surface area contributed by atoms with Crippen LogP contribution in [0.2, 0.25) is 0 Å². The van der Waals surface area contributed by atoms with Gasteiger partial charge in [0.2, 0.25) is 5.91 Å². The Morgan fingerprint density at radius 1 is 1.08 bits per heavy atom. The summed E-state index contributed by atoms with van der Waals surface area (Å²) in [6.07, 6.45) is 1.79. The Morgan fingerprint density at radius 2 is 1.77 bits per heavy atom. The van der Waals surface area contributed by atoms with Gasteiger partial charge in [0, 0.05) is 38.8 Å². The lowest BCUT2D eigenvalue weighted by Crippen LogP contribution is -2.45. The van der Waals surface area contributed by atoms with E-state index in [1.165, 1.54) is 0 Å². The Labute approximate surface area is 153 Å². The molecule has 0 bridgehead atoms. The number of nitrogens with zero attached hydrogens (tertiary/aromatic N) is 4. The number of piperidine rings is 1. The summed E-state index contributed by atoms with van der Waals surface area (Å²) in [7, 11) is 1.85. The maximum absolute atomic E-state index is 12.2. The highest BCUT2D eigenvalue weighted by molar-refractivity contribution is 6.02. The van der Waals surface area contributed by atoms with Crippen LogP contribution < -0.4 is 10.2 Å². The number of rotatable bonds is 4. The molecule has 1 saturated heterocycles. The second-order valence-electron chi connectivity index (χ2n) is 6.45. The molecule has 1 aliphatic rings. The first-order valence-corrected chi connectivity index (χ1v) is 8.73. The Bertz CT molecular complexity index is 755. The van der Waals surface area contributed by atoms with Crippen LogP contribution in [0.5, 0.6) is 0 Å². The van der Waals surface area contributed by atoms with Gasteiger partial charge in [0.15, 0.2) is 11.5 Å². The number of amides is 2. The van der Waals surface area contributed by atoms with Crippen molar-refractivity contribution in [1.29, 1.82) is 0 Å². The number of para-hydroxylation sites is 1. The Hall–Kier alpha value is -2.96. The number of carbonyl (C=O) groups excluding carboxylic acids is 2. The molecular weight excluding hydrogens is 330 g/mol. The first-order chi connectivity index (χ1) is 12.5. The van der Waals surface area contributed by atoms with E-state index in [9.17, 15) is 9.59 Å². The summed E-state index contributed by atoms with van der Waals surface area (Å²) in [5.74, 6) is 0.569. The van der Waals surface area contributed by atoms with E-state index in [1.54, 1.807) is 17.9 Å². The molecule has 1 fully saturated rings. The lowest BCUT2D eigenvalue weighted by molar-refractivity contribution is -0.129. The van der Waals surface area contributed by atoms with Gasteiger partial charge in [-0.2, -0.15) is 0 Å². The topological polar surface area (TPSA) is 78.4 Å². The zero-order valence-electron chi connectivity index (χ0n) is 15.1. The molecule has 136 valence electrons. The summed E-state index contributed by atoms with van der Waals surface area (Å²) < 4.78 is 0. The van der Waals surface area contributed by atoms with E-state index < -0.39 is 0 Å². The molecule has 3 rings (SSSR count). The number of carbonyl (C=O) groups is 2. The normalized spacial score (nSPS) is 14.8. The van der Waals surface area contributed by atoms with Crippen LogP contribution in [0.25, 0.3) is 0 Å². The number of anilines is 2. The van der Waals surface area contributed by atoms with Gasteiger partial charge in [-0.15, -0.1) is 10.2 Å². The van der Waals surface area contributed by atoms with Crippen LogP contribution in [0.1, 0.15) is 30.3 Å². The van der Waals surface area contributed by atoms with Crippen molar-refractivity contribution in [2.45, 2.75) is 25.8 Å². The molecule has 1 N–H and O–H groups in total. The monoisotopic (exact) mass is 353 g/mol.